The molecule has 2 aromatic rings. The van der Waals surface area contributed by atoms with Crippen LogP contribution >= 0.6 is 0 Å². The zero-order chi connectivity index (χ0) is 17.4. The minimum atomic E-state index is -0.302. The lowest BCUT2D eigenvalue weighted by molar-refractivity contribution is 0.251. The Bertz CT molecular complexity index is 721. The van der Waals surface area contributed by atoms with Gasteiger partial charge >= 0.3 is 6.03 Å². The van der Waals surface area contributed by atoms with Crippen molar-refractivity contribution in [2.45, 2.75) is 6.54 Å². The number of anilines is 2. The van der Waals surface area contributed by atoms with E-state index in [0.717, 1.165) is 11.5 Å². The summed E-state index contributed by atoms with van der Waals surface area (Å²) in [5.74, 6) is 3.90. The van der Waals surface area contributed by atoms with Gasteiger partial charge in [-0.2, -0.15) is 0 Å². The summed E-state index contributed by atoms with van der Waals surface area (Å²) in [5, 5.41) is 5.52. The fourth-order valence-electron chi connectivity index (χ4n) is 1.92. The van der Waals surface area contributed by atoms with Crippen LogP contribution in [0.5, 0.6) is 5.75 Å². The van der Waals surface area contributed by atoms with Crippen LogP contribution in [0.15, 0.2) is 42.5 Å². The first kappa shape index (κ1) is 17.2. The van der Waals surface area contributed by atoms with Gasteiger partial charge in [-0.3, -0.25) is 0 Å². The largest absolute Gasteiger partial charge is 0.481 e. The average Bonchev–Trinajstić information content (AvgIpc) is 2.59. The Kier molecular flexibility index (Phi) is 6.03. The number of pyridine rings is 1. The third-order valence-electron chi connectivity index (χ3n) is 3.11. The van der Waals surface area contributed by atoms with Crippen molar-refractivity contribution in [3.8, 4) is 18.1 Å². The summed E-state index contributed by atoms with van der Waals surface area (Å²) in [6.45, 7) is 0.559. The number of terminal acetylenes is 1. The molecule has 2 N–H and O–H groups in total. The van der Waals surface area contributed by atoms with E-state index in [1.807, 2.05) is 37.2 Å². The second kappa shape index (κ2) is 8.44. The normalized spacial score (nSPS) is 9.71. The number of nitrogens with one attached hydrogen (secondary N) is 2. The maximum absolute atomic E-state index is 11.9. The number of benzene rings is 1. The molecule has 6 nitrogen and oxygen atoms in total. The molecular formula is C18H20N4O2. The number of nitrogens with zero attached hydrogens (tertiary/aromatic N) is 2. The molecule has 0 fully saturated rings. The molecule has 2 amide bonds. The van der Waals surface area contributed by atoms with E-state index >= 15 is 0 Å². The highest BCUT2D eigenvalue weighted by Gasteiger charge is 2.04. The number of amides is 2. The number of ether oxygens (including phenoxy) is 1. The summed E-state index contributed by atoms with van der Waals surface area (Å²) in [5.41, 5.74) is 1.45. The number of carbonyl (C=O) groups is 1. The lowest BCUT2D eigenvalue weighted by Crippen LogP contribution is -2.28. The van der Waals surface area contributed by atoms with Crippen molar-refractivity contribution >= 4 is 17.5 Å². The van der Waals surface area contributed by atoms with Crippen molar-refractivity contribution in [1.82, 2.24) is 10.3 Å². The topological polar surface area (TPSA) is 66.5 Å². The fraction of sp³-hybridized carbons (Fsp3) is 0.222. The molecule has 0 unspecified atom stereocenters. The van der Waals surface area contributed by atoms with Crippen LogP contribution in [0.3, 0.4) is 0 Å². The van der Waals surface area contributed by atoms with E-state index in [0.29, 0.717) is 18.0 Å². The third-order valence-corrected chi connectivity index (χ3v) is 3.11. The zero-order valence-electron chi connectivity index (χ0n) is 13.7. The van der Waals surface area contributed by atoms with E-state index in [9.17, 15) is 4.79 Å². The zero-order valence-corrected chi connectivity index (χ0v) is 13.7. The van der Waals surface area contributed by atoms with Gasteiger partial charge in [-0.1, -0.05) is 12.0 Å². The van der Waals surface area contributed by atoms with Crippen LogP contribution in [-0.2, 0) is 6.54 Å². The van der Waals surface area contributed by atoms with Crippen LogP contribution in [0.2, 0.25) is 0 Å². The molecule has 2 rings (SSSR count). The number of hydrogen-bond donors (Lipinski definition) is 2. The molecule has 24 heavy (non-hydrogen) atoms. The first-order valence-electron chi connectivity index (χ1n) is 7.43. The Labute approximate surface area is 141 Å². The fourth-order valence-corrected chi connectivity index (χ4v) is 1.92. The van der Waals surface area contributed by atoms with Gasteiger partial charge in [0.25, 0.3) is 0 Å². The SMILES string of the molecule is C#CCOc1ccc(NC(=O)NCc2cccc(N(C)C)n2)cc1. The maximum Gasteiger partial charge on any atom is 0.319 e. The standard InChI is InChI=1S/C18H20N4O2/c1-4-12-24-16-10-8-14(9-11-16)21-18(23)19-13-15-6-5-7-17(20-15)22(2)3/h1,5-11H,12-13H2,2-3H3,(H2,19,21,23). The number of carbonyl (C=O) groups excluding carboxylic acids is 1. The summed E-state index contributed by atoms with van der Waals surface area (Å²) in [4.78, 5) is 18.3. The Morgan fingerprint density at radius 2 is 2.00 bits per heavy atom. The molecule has 1 aromatic heterocycles. The van der Waals surface area contributed by atoms with Gasteiger partial charge < -0.3 is 20.3 Å². The molecule has 1 aromatic carbocycles. The first-order valence-corrected chi connectivity index (χ1v) is 7.43. The number of aromatic nitrogens is 1. The highest BCUT2D eigenvalue weighted by atomic mass is 16.5. The Morgan fingerprint density at radius 1 is 1.25 bits per heavy atom. The van der Waals surface area contributed by atoms with Crippen molar-refractivity contribution in [2.75, 3.05) is 30.9 Å². The average molecular weight is 324 g/mol. The van der Waals surface area contributed by atoms with Crippen molar-refractivity contribution < 1.29 is 9.53 Å². The monoisotopic (exact) mass is 324 g/mol. The second-order valence-electron chi connectivity index (χ2n) is 5.21. The van der Waals surface area contributed by atoms with E-state index in [2.05, 4.69) is 21.5 Å². The van der Waals surface area contributed by atoms with Gasteiger partial charge in [-0.05, 0) is 36.4 Å². The Balaban J connectivity index is 1.85. The van der Waals surface area contributed by atoms with E-state index in [4.69, 9.17) is 11.2 Å². The molecule has 0 bridgehead atoms. The van der Waals surface area contributed by atoms with Gasteiger partial charge in [0, 0.05) is 19.8 Å². The maximum atomic E-state index is 11.9. The molecule has 0 saturated carbocycles. The highest BCUT2D eigenvalue weighted by molar-refractivity contribution is 5.89. The van der Waals surface area contributed by atoms with Crippen LogP contribution in [0.4, 0.5) is 16.3 Å². The number of hydrogen-bond acceptors (Lipinski definition) is 4. The van der Waals surface area contributed by atoms with E-state index in [-0.39, 0.29) is 12.6 Å². The third kappa shape index (κ3) is 5.21. The molecule has 6 heteroatoms. The molecular weight excluding hydrogens is 304 g/mol. The lowest BCUT2D eigenvalue weighted by atomic mass is 10.3. The van der Waals surface area contributed by atoms with E-state index < -0.39 is 0 Å². The van der Waals surface area contributed by atoms with Crippen LogP contribution < -0.4 is 20.3 Å². The van der Waals surface area contributed by atoms with Gasteiger partial charge in [0.2, 0.25) is 0 Å². The second-order valence-corrected chi connectivity index (χ2v) is 5.21. The minimum absolute atomic E-state index is 0.215. The lowest BCUT2D eigenvalue weighted by Gasteiger charge is -2.13. The van der Waals surface area contributed by atoms with Gasteiger partial charge in [0.05, 0.1) is 12.2 Å². The van der Waals surface area contributed by atoms with Crippen LogP contribution in [0.25, 0.3) is 0 Å². The van der Waals surface area contributed by atoms with Gasteiger partial charge in [0.1, 0.15) is 18.2 Å². The number of rotatable bonds is 6. The van der Waals surface area contributed by atoms with Gasteiger partial charge in [-0.25, -0.2) is 9.78 Å². The van der Waals surface area contributed by atoms with Crippen molar-refractivity contribution in [3.05, 3.63) is 48.2 Å². The molecule has 0 atom stereocenters. The Morgan fingerprint density at radius 3 is 2.67 bits per heavy atom. The first-order chi connectivity index (χ1) is 11.6. The van der Waals surface area contributed by atoms with Crippen LogP contribution in [0.1, 0.15) is 5.69 Å². The van der Waals surface area contributed by atoms with Crippen molar-refractivity contribution in [3.63, 3.8) is 0 Å². The summed E-state index contributed by atoms with van der Waals surface area (Å²) in [7, 11) is 3.84. The summed E-state index contributed by atoms with van der Waals surface area (Å²) >= 11 is 0. The highest BCUT2D eigenvalue weighted by Crippen LogP contribution is 2.15. The van der Waals surface area contributed by atoms with Gasteiger partial charge in [-0.15, -0.1) is 6.42 Å². The predicted molar refractivity (Wildman–Crippen MR) is 95.2 cm³/mol. The quantitative estimate of drug-likeness (QED) is 0.801. The molecule has 0 spiro atoms. The minimum Gasteiger partial charge on any atom is -0.481 e. The predicted octanol–water partition coefficient (Wildman–Crippen LogP) is 2.48. The summed E-state index contributed by atoms with van der Waals surface area (Å²) in [6.07, 6.45) is 5.13. The molecule has 124 valence electrons. The number of urea groups is 1. The van der Waals surface area contributed by atoms with Crippen LogP contribution in [-0.4, -0.2) is 31.7 Å². The molecule has 0 saturated heterocycles. The van der Waals surface area contributed by atoms with Crippen molar-refractivity contribution in [2.24, 2.45) is 0 Å². The smallest absolute Gasteiger partial charge is 0.319 e. The molecule has 0 radical (unpaired) electrons. The van der Waals surface area contributed by atoms with E-state index in [1.165, 1.54) is 0 Å². The van der Waals surface area contributed by atoms with E-state index in [1.54, 1.807) is 24.3 Å². The summed E-state index contributed by atoms with van der Waals surface area (Å²) < 4.78 is 5.27. The molecule has 0 aliphatic carbocycles. The molecule has 1 heterocycles. The summed E-state index contributed by atoms with van der Waals surface area (Å²) in [6, 6.07) is 12.4. The van der Waals surface area contributed by atoms with Gasteiger partial charge in [0.15, 0.2) is 0 Å². The molecule has 0 aliphatic heterocycles. The molecule has 0 aliphatic rings. The Hall–Kier alpha value is -3.20. The van der Waals surface area contributed by atoms with Crippen molar-refractivity contribution in [1.29, 1.82) is 0 Å². The van der Waals surface area contributed by atoms with Crippen LogP contribution in [0, 0.1) is 12.3 Å².